The van der Waals surface area contributed by atoms with Crippen LogP contribution in [-0.4, -0.2) is 70.9 Å². The number of anilines is 1. The molecule has 3 amide bonds. The van der Waals surface area contributed by atoms with Crippen molar-refractivity contribution in [2.45, 2.75) is 75.8 Å². The maximum absolute atomic E-state index is 14.3. The Morgan fingerprint density at radius 2 is 1.77 bits per heavy atom. The number of likely N-dealkylation sites (tertiary alicyclic amines) is 1. The minimum atomic E-state index is -1.19. The van der Waals surface area contributed by atoms with Gasteiger partial charge in [0.2, 0.25) is 17.7 Å². The fraction of sp³-hybridized carbons (Fsp3) is 0.500. The van der Waals surface area contributed by atoms with Crippen molar-refractivity contribution >= 4 is 46.6 Å². The minimum Gasteiger partial charge on any atom is -0.359 e. The molecule has 3 fully saturated rings. The standard InChI is InChI=1S/C34H40Cl2N4O4/c1-2-39(21-22-10-5-3-6-11-22)16-9-17-40-30(32(42)37-25-12-7-4-8-13-25)34-15-14-27(44-34)28(29(34)33(40)43)31(41)38-26-19-23(35)18-24(36)20-26/h3,5-6,10-11,14-15,18-20,25,27-30H,2,4,7-9,12-13,16-17,21H2,1H3,(H,37,42)(H,38,41)/t27-,28-,29-,30+,34+/m1/s1. The second kappa shape index (κ2) is 13.2. The first-order valence-corrected chi connectivity index (χ1v) is 16.6. The molecule has 3 aliphatic heterocycles. The van der Waals surface area contributed by atoms with Crippen molar-refractivity contribution in [3.63, 3.8) is 0 Å². The summed E-state index contributed by atoms with van der Waals surface area (Å²) in [4.78, 5) is 46.1. The zero-order valence-electron chi connectivity index (χ0n) is 25.0. The Labute approximate surface area is 269 Å². The Bertz CT molecular complexity index is 1390. The Balaban J connectivity index is 1.22. The molecule has 10 heteroatoms. The van der Waals surface area contributed by atoms with Crippen LogP contribution in [0, 0.1) is 11.8 Å². The molecule has 5 atom stereocenters. The number of carbonyl (C=O) groups is 3. The molecule has 2 aromatic carbocycles. The molecule has 44 heavy (non-hydrogen) atoms. The second-order valence-corrected chi connectivity index (χ2v) is 13.3. The quantitative estimate of drug-likeness (QED) is 0.320. The number of hydrogen-bond donors (Lipinski definition) is 2. The van der Waals surface area contributed by atoms with Crippen LogP contribution in [0.1, 0.15) is 51.0 Å². The lowest BCUT2D eigenvalue weighted by Crippen LogP contribution is -2.56. The lowest BCUT2D eigenvalue weighted by Gasteiger charge is -2.34. The van der Waals surface area contributed by atoms with E-state index in [0.717, 1.165) is 45.3 Å². The van der Waals surface area contributed by atoms with E-state index in [-0.39, 0.29) is 23.8 Å². The zero-order chi connectivity index (χ0) is 30.8. The van der Waals surface area contributed by atoms with E-state index in [4.69, 9.17) is 27.9 Å². The summed E-state index contributed by atoms with van der Waals surface area (Å²) in [7, 11) is 0. The molecule has 0 unspecified atom stereocenters. The largest absolute Gasteiger partial charge is 0.359 e. The molecule has 3 heterocycles. The number of nitrogens with one attached hydrogen (secondary N) is 2. The van der Waals surface area contributed by atoms with Crippen LogP contribution in [0.15, 0.2) is 60.7 Å². The number of nitrogens with zero attached hydrogens (tertiary/aromatic N) is 2. The Morgan fingerprint density at radius 3 is 2.48 bits per heavy atom. The Hall–Kier alpha value is -2.91. The van der Waals surface area contributed by atoms with Gasteiger partial charge in [-0.15, -0.1) is 0 Å². The number of hydrogen-bond acceptors (Lipinski definition) is 5. The van der Waals surface area contributed by atoms with Gasteiger partial charge in [0, 0.05) is 41.4 Å². The third-order valence-corrected chi connectivity index (χ3v) is 10.0. The molecule has 1 saturated carbocycles. The maximum atomic E-state index is 14.3. The molecule has 1 aliphatic carbocycles. The van der Waals surface area contributed by atoms with Gasteiger partial charge in [-0.3, -0.25) is 19.3 Å². The molecule has 2 aromatic rings. The van der Waals surface area contributed by atoms with Crippen LogP contribution in [0.4, 0.5) is 5.69 Å². The summed E-state index contributed by atoms with van der Waals surface area (Å²) < 4.78 is 6.50. The van der Waals surface area contributed by atoms with Gasteiger partial charge in [0.1, 0.15) is 11.6 Å². The van der Waals surface area contributed by atoms with E-state index in [1.54, 1.807) is 23.1 Å². The maximum Gasteiger partial charge on any atom is 0.246 e. The molecule has 0 radical (unpaired) electrons. The normalized spacial score (nSPS) is 27.6. The van der Waals surface area contributed by atoms with Crippen molar-refractivity contribution in [1.82, 2.24) is 15.1 Å². The van der Waals surface area contributed by atoms with Gasteiger partial charge in [-0.1, -0.05) is 91.9 Å². The highest BCUT2D eigenvalue weighted by Gasteiger charge is 2.72. The molecule has 6 rings (SSSR count). The van der Waals surface area contributed by atoms with E-state index < -0.39 is 29.6 Å². The summed E-state index contributed by atoms with van der Waals surface area (Å²) in [5, 5.41) is 6.93. The smallest absolute Gasteiger partial charge is 0.246 e. The van der Waals surface area contributed by atoms with Gasteiger partial charge < -0.3 is 20.3 Å². The number of halogens is 2. The predicted octanol–water partition coefficient (Wildman–Crippen LogP) is 5.44. The predicted molar refractivity (Wildman–Crippen MR) is 171 cm³/mol. The van der Waals surface area contributed by atoms with Crippen LogP contribution >= 0.6 is 23.2 Å². The first-order valence-electron chi connectivity index (χ1n) is 15.8. The molecule has 2 bridgehead atoms. The van der Waals surface area contributed by atoms with E-state index in [1.165, 1.54) is 12.0 Å². The number of rotatable bonds is 11. The van der Waals surface area contributed by atoms with Crippen molar-refractivity contribution in [3.05, 3.63) is 76.3 Å². The van der Waals surface area contributed by atoms with Crippen LogP contribution in [-0.2, 0) is 25.7 Å². The third kappa shape index (κ3) is 6.14. The summed E-state index contributed by atoms with van der Waals surface area (Å²) in [6.07, 6.45) is 8.97. The molecule has 234 valence electrons. The number of fused-ring (bicyclic) bond motifs is 1. The Morgan fingerprint density at radius 1 is 1.05 bits per heavy atom. The highest BCUT2D eigenvalue weighted by atomic mass is 35.5. The number of ether oxygens (including phenoxy) is 1. The van der Waals surface area contributed by atoms with Gasteiger partial charge in [0.25, 0.3) is 0 Å². The topological polar surface area (TPSA) is 91.0 Å². The average molecular weight is 640 g/mol. The number of amides is 3. The third-order valence-electron chi connectivity index (χ3n) is 9.58. The van der Waals surface area contributed by atoms with Crippen LogP contribution in [0.25, 0.3) is 0 Å². The molecule has 1 spiro atoms. The van der Waals surface area contributed by atoms with Crippen molar-refractivity contribution in [3.8, 4) is 0 Å². The summed E-state index contributed by atoms with van der Waals surface area (Å²) in [5.74, 6) is -2.36. The number of benzene rings is 2. The van der Waals surface area contributed by atoms with Crippen molar-refractivity contribution in [1.29, 1.82) is 0 Å². The van der Waals surface area contributed by atoms with Crippen LogP contribution in [0.2, 0.25) is 10.0 Å². The molecule has 4 aliphatic rings. The lowest BCUT2D eigenvalue weighted by molar-refractivity contribution is -0.141. The van der Waals surface area contributed by atoms with Crippen molar-refractivity contribution in [2.24, 2.45) is 11.8 Å². The summed E-state index contributed by atoms with van der Waals surface area (Å²) in [6, 6.07) is 14.4. The molecule has 8 nitrogen and oxygen atoms in total. The summed E-state index contributed by atoms with van der Waals surface area (Å²) >= 11 is 12.3. The van der Waals surface area contributed by atoms with E-state index in [1.807, 2.05) is 30.4 Å². The summed E-state index contributed by atoms with van der Waals surface area (Å²) in [6.45, 7) is 4.96. The van der Waals surface area contributed by atoms with E-state index in [9.17, 15) is 14.4 Å². The molecule has 2 N–H and O–H groups in total. The SMILES string of the molecule is CCN(CCCN1C(=O)[C@H]2[C@H](C(=O)Nc3cc(Cl)cc(Cl)c3)[C@H]3C=C[C@@]2(O3)[C@@H]1C(=O)NC1CCCCC1)Cc1ccccc1. The average Bonchev–Trinajstić information content (AvgIpc) is 3.64. The van der Waals surface area contributed by atoms with Crippen LogP contribution < -0.4 is 10.6 Å². The van der Waals surface area contributed by atoms with Crippen LogP contribution in [0.3, 0.4) is 0 Å². The van der Waals surface area contributed by atoms with Crippen molar-refractivity contribution in [2.75, 3.05) is 25.0 Å². The molecule has 0 aromatic heterocycles. The van der Waals surface area contributed by atoms with Crippen molar-refractivity contribution < 1.29 is 19.1 Å². The van der Waals surface area contributed by atoms with Gasteiger partial charge in [0.15, 0.2) is 0 Å². The van der Waals surface area contributed by atoms with E-state index >= 15 is 0 Å². The van der Waals surface area contributed by atoms with E-state index in [2.05, 4.69) is 34.6 Å². The Kier molecular flexibility index (Phi) is 9.34. The summed E-state index contributed by atoms with van der Waals surface area (Å²) in [5.41, 5.74) is 0.485. The number of carbonyl (C=O) groups excluding carboxylic acids is 3. The first-order chi connectivity index (χ1) is 21.3. The fourth-order valence-corrected chi connectivity index (χ4v) is 8.07. The minimum absolute atomic E-state index is 0.0827. The van der Waals surface area contributed by atoms with E-state index in [0.29, 0.717) is 28.7 Å². The van der Waals surface area contributed by atoms with Gasteiger partial charge in [-0.2, -0.15) is 0 Å². The van der Waals surface area contributed by atoms with Gasteiger partial charge in [-0.25, -0.2) is 0 Å². The highest BCUT2D eigenvalue weighted by Crippen LogP contribution is 2.55. The fourth-order valence-electron chi connectivity index (χ4n) is 7.54. The first kappa shape index (κ1) is 31.1. The molecular weight excluding hydrogens is 599 g/mol. The highest BCUT2D eigenvalue weighted by molar-refractivity contribution is 6.35. The molecule has 2 saturated heterocycles. The van der Waals surface area contributed by atoms with Crippen LogP contribution in [0.5, 0.6) is 0 Å². The zero-order valence-corrected chi connectivity index (χ0v) is 26.5. The van der Waals surface area contributed by atoms with Gasteiger partial charge in [0.05, 0.1) is 17.9 Å². The van der Waals surface area contributed by atoms with Gasteiger partial charge in [-0.05, 0) is 49.6 Å². The second-order valence-electron chi connectivity index (χ2n) is 12.4. The van der Waals surface area contributed by atoms with Gasteiger partial charge >= 0.3 is 0 Å². The lowest BCUT2D eigenvalue weighted by atomic mass is 9.74. The molecular formula is C34H40Cl2N4O4. The monoisotopic (exact) mass is 638 g/mol.